The van der Waals surface area contributed by atoms with Gasteiger partial charge in [0.25, 0.3) is 0 Å². The fraction of sp³-hybridized carbons (Fsp3) is 0.381. The summed E-state index contributed by atoms with van der Waals surface area (Å²) in [4.78, 5) is 17.1. The molecule has 0 aromatic heterocycles. The molecule has 1 amide bonds. The molecule has 2 aromatic rings. The van der Waals surface area contributed by atoms with Gasteiger partial charge in [-0.3, -0.25) is 9.69 Å². The average Bonchev–Trinajstić information content (AvgIpc) is 2.66. The highest BCUT2D eigenvalue weighted by molar-refractivity contribution is 6.30. The lowest BCUT2D eigenvalue weighted by Crippen LogP contribution is -2.48. The highest BCUT2D eigenvalue weighted by Crippen LogP contribution is 2.23. The normalized spacial score (nSPS) is 16.9. The predicted octanol–water partition coefficient (Wildman–Crippen LogP) is 3.13. The molecule has 1 aliphatic rings. The smallest absolute Gasteiger partial charge is 0.224 e. The molecule has 0 radical (unpaired) electrons. The van der Waals surface area contributed by atoms with Crippen molar-refractivity contribution < 1.29 is 9.18 Å². The van der Waals surface area contributed by atoms with Crippen LogP contribution in [0.2, 0.25) is 5.02 Å². The minimum Gasteiger partial charge on any atom is -0.354 e. The number of halogens is 2. The van der Waals surface area contributed by atoms with Crippen molar-refractivity contribution >= 4 is 17.5 Å². The van der Waals surface area contributed by atoms with Crippen molar-refractivity contribution in [2.24, 2.45) is 0 Å². The lowest BCUT2D eigenvalue weighted by molar-refractivity contribution is -0.120. The summed E-state index contributed by atoms with van der Waals surface area (Å²) in [6.45, 7) is 4.46. The number of amides is 1. The fourth-order valence-corrected chi connectivity index (χ4v) is 3.46. The number of carbonyl (C=O) groups excluding carboxylic acids is 1. The Morgan fingerprint density at radius 3 is 2.33 bits per heavy atom. The Balaban J connectivity index is 1.64. The van der Waals surface area contributed by atoms with Gasteiger partial charge in [0, 0.05) is 37.7 Å². The van der Waals surface area contributed by atoms with Gasteiger partial charge in [-0.05, 0) is 42.4 Å². The van der Waals surface area contributed by atoms with Crippen LogP contribution in [0.4, 0.5) is 4.39 Å². The largest absolute Gasteiger partial charge is 0.354 e. The summed E-state index contributed by atoms with van der Waals surface area (Å²) in [7, 11) is 2.12. The molecule has 2 aromatic carbocycles. The third kappa shape index (κ3) is 5.76. The maximum absolute atomic E-state index is 13.0. The summed E-state index contributed by atoms with van der Waals surface area (Å²) in [6.07, 6.45) is 0.246. The number of nitrogens with zero attached hydrogens (tertiary/aromatic N) is 2. The molecule has 1 N–H and O–H groups in total. The molecule has 1 fully saturated rings. The fourth-order valence-electron chi connectivity index (χ4n) is 3.34. The molecule has 1 aliphatic heterocycles. The van der Waals surface area contributed by atoms with E-state index in [4.69, 9.17) is 11.6 Å². The van der Waals surface area contributed by atoms with Crippen molar-refractivity contribution in [3.63, 3.8) is 0 Å². The maximum Gasteiger partial charge on any atom is 0.224 e. The highest BCUT2D eigenvalue weighted by Gasteiger charge is 2.24. The molecule has 1 heterocycles. The Hall–Kier alpha value is -1.95. The van der Waals surface area contributed by atoms with E-state index < -0.39 is 0 Å². The Morgan fingerprint density at radius 1 is 1.07 bits per heavy atom. The molecule has 1 atom stereocenters. The number of likely N-dealkylation sites (N-methyl/N-ethyl adjacent to an activating group) is 1. The van der Waals surface area contributed by atoms with E-state index in [2.05, 4.69) is 22.2 Å². The monoisotopic (exact) mass is 389 g/mol. The summed E-state index contributed by atoms with van der Waals surface area (Å²) in [5, 5.41) is 3.75. The van der Waals surface area contributed by atoms with Crippen molar-refractivity contribution in [1.29, 1.82) is 0 Å². The van der Waals surface area contributed by atoms with Gasteiger partial charge in [-0.2, -0.15) is 0 Å². The first-order chi connectivity index (χ1) is 13.0. The van der Waals surface area contributed by atoms with Crippen LogP contribution >= 0.6 is 11.6 Å². The van der Waals surface area contributed by atoms with E-state index in [0.29, 0.717) is 11.6 Å². The van der Waals surface area contributed by atoms with Crippen molar-refractivity contribution in [2.45, 2.75) is 12.5 Å². The molecular weight excluding hydrogens is 365 g/mol. The second-order valence-corrected chi connectivity index (χ2v) is 7.45. The van der Waals surface area contributed by atoms with Crippen LogP contribution in [-0.4, -0.2) is 55.5 Å². The molecule has 1 unspecified atom stereocenters. The van der Waals surface area contributed by atoms with Gasteiger partial charge < -0.3 is 10.2 Å². The lowest BCUT2D eigenvalue weighted by Gasteiger charge is -2.38. The van der Waals surface area contributed by atoms with E-state index in [9.17, 15) is 9.18 Å². The van der Waals surface area contributed by atoms with E-state index in [1.807, 2.05) is 24.3 Å². The number of benzene rings is 2. The zero-order chi connectivity index (χ0) is 19.2. The summed E-state index contributed by atoms with van der Waals surface area (Å²) in [5.41, 5.74) is 1.95. The first-order valence-electron chi connectivity index (χ1n) is 9.20. The zero-order valence-corrected chi connectivity index (χ0v) is 16.3. The Morgan fingerprint density at radius 2 is 1.70 bits per heavy atom. The Labute approximate surface area is 164 Å². The van der Waals surface area contributed by atoms with Crippen molar-refractivity contribution in [1.82, 2.24) is 15.1 Å². The number of piperazine rings is 1. The predicted molar refractivity (Wildman–Crippen MR) is 106 cm³/mol. The number of hydrogen-bond acceptors (Lipinski definition) is 3. The van der Waals surface area contributed by atoms with Gasteiger partial charge in [0.1, 0.15) is 5.82 Å². The molecule has 27 heavy (non-hydrogen) atoms. The molecule has 0 spiro atoms. The van der Waals surface area contributed by atoms with Crippen LogP contribution in [0.15, 0.2) is 48.5 Å². The Kier molecular flexibility index (Phi) is 6.83. The van der Waals surface area contributed by atoms with Crippen LogP contribution in [-0.2, 0) is 11.2 Å². The number of hydrogen-bond donors (Lipinski definition) is 1. The summed E-state index contributed by atoms with van der Waals surface area (Å²) >= 11 is 6.03. The molecule has 1 saturated heterocycles. The van der Waals surface area contributed by atoms with E-state index in [-0.39, 0.29) is 24.2 Å². The third-order valence-corrected chi connectivity index (χ3v) is 5.26. The quantitative estimate of drug-likeness (QED) is 0.824. The van der Waals surface area contributed by atoms with Crippen LogP contribution in [0.25, 0.3) is 0 Å². The second-order valence-electron chi connectivity index (χ2n) is 7.01. The molecule has 144 valence electrons. The summed E-state index contributed by atoms with van der Waals surface area (Å²) < 4.78 is 13.0. The number of rotatable bonds is 6. The molecule has 3 rings (SSSR count). The number of nitrogens with one attached hydrogen (secondary N) is 1. The molecular formula is C21H25ClFN3O. The third-order valence-electron chi connectivity index (χ3n) is 5.00. The van der Waals surface area contributed by atoms with E-state index in [1.54, 1.807) is 12.1 Å². The summed E-state index contributed by atoms with van der Waals surface area (Å²) in [6, 6.07) is 14.0. The first kappa shape index (κ1) is 19.8. The topological polar surface area (TPSA) is 35.6 Å². The van der Waals surface area contributed by atoms with Gasteiger partial charge in [0.05, 0.1) is 12.5 Å². The van der Waals surface area contributed by atoms with Crippen LogP contribution in [0.5, 0.6) is 0 Å². The SMILES string of the molecule is CN1CCN(C(CNC(=O)Cc2ccc(F)cc2)c2ccc(Cl)cc2)CC1. The van der Waals surface area contributed by atoms with Crippen LogP contribution in [0, 0.1) is 5.82 Å². The first-order valence-corrected chi connectivity index (χ1v) is 9.58. The minimum atomic E-state index is -0.294. The molecule has 0 saturated carbocycles. The Bertz CT molecular complexity index is 743. The van der Waals surface area contributed by atoms with Gasteiger partial charge >= 0.3 is 0 Å². The lowest BCUT2D eigenvalue weighted by atomic mass is 10.0. The molecule has 6 heteroatoms. The standard InChI is InChI=1S/C21H25ClFN3O/c1-25-10-12-26(13-11-25)20(17-4-6-18(22)7-5-17)15-24-21(27)14-16-2-8-19(23)9-3-16/h2-9,20H,10-15H2,1H3,(H,24,27). The van der Waals surface area contributed by atoms with Gasteiger partial charge in [-0.25, -0.2) is 4.39 Å². The van der Waals surface area contributed by atoms with E-state index in [1.165, 1.54) is 12.1 Å². The van der Waals surface area contributed by atoms with Gasteiger partial charge in [-0.15, -0.1) is 0 Å². The number of carbonyl (C=O) groups is 1. The van der Waals surface area contributed by atoms with Gasteiger partial charge in [0.15, 0.2) is 0 Å². The molecule has 4 nitrogen and oxygen atoms in total. The van der Waals surface area contributed by atoms with Crippen LogP contribution in [0.1, 0.15) is 17.2 Å². The average molecular weight is 390 g/mol. The van der Waals surface area contributed by atoms with E-state index >= 15 is 0 Å². The van der Waals surface area contributed by atoms with Crippen molar-refractivity contribution in [3.8, 4) is 0 Å². The van der Waals surface area contributed by atoms with E-state index in [0.717, 1.165) is 37.3 Å². The molecule has 0 aliphatic carbocycles. The van der Waals surface area contributed by atoms with Crippen LogP contribution < -0.4 is 5.32 Å². The maximum atomic E-state index is 13.0. The summed E-state index contributed by atoms with van der Waals surface area (Å²) in [5.74, 6) is -0.355. The van der Waals surface area contributed by atoms with Gasteiger partial charge in [-0.1, -0.05) is 35.9 Å². The van der Waals surface area contributed by atoms with Crippen molar-refractivity contribution in [3.05, 3.63) is 70.5 Å². The zero-order valence-electron chi connectivity index (χ0n) is 15.5. The van der Waals surface area contributed by atoms with Crippen LogP contribution in [0.3, 0.4) is 0 Å². The minimum absolute atomic E-state index is 0.0605. The second kappa shape index (κ2) is 9.31. The molecule has 0 bridgehead atoms. The van der Waals surface area contributed by atoms with Crippen molar-refractivity contribution in [2.75, 3.05) is 39.8 Å². The van der Waals surface area contributed by atoms with Gasteiger partial charge in [0.2, 0.25) is 5.91 Å². The highest BCUT2D eigenvalue weighted by atomic mass is 35.5.